The largest absolute Gasteiger partial charge is 0.306 e. The molecular weight excluding hydrogens is 320 g/mol. The maximum Gasteiger partial charge on any atom is 0.270 e. The van der Waals surface area contributed by atoms with Crippen LogP contribution in [0.2, 0.25) is 5.02 Å². The van der Waals surface area contributed by atoms with Gasteiger partial charge < -0.3 is 5.32 Å². The number of fused-ring (bicyclic) bond motifs is 1. The number of carbonyl (C=O) groups is 1. The third kappa shape index (κ3) is 3.09. The summed E-state index contributed by atoms with van der Waals surface area (Å²) in [6, 6.07) is 9.04. The number of halogens is 1. The van der Waals surface area contributed by atoms with Crippen LogP contribution in [0.25, 0.3) is 10.9 Å². The first-order valence-corrected chi connectivity index (χ1v) is 6.88. The number of nitro benzene ring substituents is 1. The molecule has 23 heavy (non-hydrogen) atoms. The second-order valence-electron chi connectivity index (χ2n) is 4.64. The molecule has 114 valence electrons. The Labute approximate surface area is 135 Å². The van der Waals surface area contributed by atoms with Gasteiger partial charge in [0.05, 0.1) is 21.0 Å². The van der Waals surface area contributed by atoms with Crippen LogP contribution in [0.1, 0.15) is 10.4 Å². The van der Waals surface area contributed by atoms with E-state index >= 15 is 0 Å². The average molecular weight is 329 g/mol. The predicted octanol–water partition coefficient (Wildman–Crippen LogP) is 3.44. The number of anilines is 1. The average Bonchev–Trinajstić information content (AvgIpc) is 2.54. The van der Waals surface area contributed by atoms with E-state index in [1.54, 1.807) is 12.1 Å². The zero-order valence-electron chi connectivity index (χ0n) is 11.6. The maximum atomic E-state index is 12.2. The SMILES string of the molecule is O=C(Nc1ccc2cc([N+](=O)[O-])ccc2n1)c1ccncc1Cl. The molecule has 0 saturated carbocycles. The molecule has 3 rings (SSSR count). The van der Waals surface area contributed by atoms with Crippen LogP contribution >= 0.6 is 11.6 Å². The van der Waals surface area contributed by atoms with Gasteiger partial charge in [0, 0.05) is 29.9 Å². The Bertz CT molecular complexity index is 929. The molecule has 0 radical (unpaired) electrons. The first kappa shape index (κ1) is 14.9. The third-order valence-corrected chi connectivity index (χ3v) is 3.44. The minimum atomic E-state index is -0.472. The number of benzene rings is 1. The highest BCUT2D eigenvalue weighted by Gasteiger charge is 2.12. The van der Waals surface area contributed by atoms with Crippen LogP contribution in [0.4, 0.5) is 11.5 Å². The molecule has 0 aliphatic heterocycles. The Kier molecular flexibility index (Phi) is 3.86. The molecule has 0 atom stereocenters. The lowest BCUT2D eigenvalue weighted by Gasteiger charge is -2.06. The quantitative estimate of drug-likeness (QED) is 0.586. The number of rotatable bonds is 3. The van der Waals surface area contributed by atoms with Crippen molar-refractivity contribution in [2.75, 3.05) is 5.32 Å². The number of pyridine rings is 2. The number of nitro groups is 1. The van der Waals surface area contributed by atoms with E-state index in [1.807, 2.05) is 0 Å². The number of hydrogen-bond donors (Lipinski definition) is 1. The van der Waals surface area contributed by atoms with Gasteiger partial charge >= 0.3 is 0 Å². The Morgan fingerprint density at radius 3 is 2.78 bits per heavy atom. The fourth-order valence-electron chi connectivity index (χ4n) is 2.04. The summed E-state index contributed by atoms with van der Waals surface area (Å²) in [5, 5.41) is 14.2. The first-order valence-electron chi connectivity index (χ1n) is 6.50. The molecule has 0 fully saturated rings. The topological polar surface area (TPSA) is 98.0 Å². The van der Waals surface area contributed by atoms with Crippen LogP contribution in [-0.2, 0) is 0 Å². The van der Waals surface area contributed by atoms with Gasteiger partial charge in [0.2, 0.25) is 0 Å². The molecule has 7 nitrogen and oxygen atoms in total. The van der Waals surface area contributed by atoms with Crippen molar-refractivity contribution in [2.45, 2.75) is 0 Å². The predicted molar refractivity (Wildman–Crippen MR) is 85.6 cm³/mol. The van der Waals surface area contributed by atoms with Crippen molar-refractivity contribution in [1.29, 1.82) is 0 Å². The fraction of sp³-hybridized carbons (Fsp3) is 0. The fourth-order valence-corrected chi connectivity index (χ4v) is 2.24. The van der Waals surface area contributed by atoms with Crippen LogP contribution < -0.4 is 5.32 Å². The third-order valence-electron chi connectivity index (χ3n) is 3.14. The molecule has 0 aliphatic rings. The molecular formula is C15H9ClN4O3. The number of carbonyl (C=O) groups excluding carboxylic acids is 1. The zero-order valence-corrected chi connectivity index (χ0v) is 12.3. The van der Waals surface area contributed by atoms with E-state index in [2.05, 4.69) is 15.3 Å². The second-order valence-corrected chi connectivity index (χ2v) is 5.05. The number of nitrogens with zero attached hydrogens (tertiary/aromatic N) is 3. The van der Waals surface area contributed by atoms with Gasteiger partial charge in [0.15, 0.2) is 0 Å². The Hall–Kier alpha value is -3.06. The number of aromatic nitrogens is 2. The van der Waals surface area contributed by atoms with Crippen molar-refractivity contribution in [2.24, 2.45) is 0 Å². The lowest BCUT2D eigenvalue weighted by molar-refractivity contribution is -0.384. The summed E-state index contributed by atoms with van der Waals surface area (Å²) in [5.41, 5.74) is 0.807. The van der Waals surface area contributed by atoms with Crippen molar-refractivity contribution in [3.8, 4) is 0 Å². The summed E-state index contributed by atoms with van der Waals surface area (Å²) < 4.78 is 0. The van der Waals surface area contributed by atoms with Crippen molar-refractivity contribution in [1.82, 2.24) is 9.97 Å². The van der Waals surface area contributed by atoms with Crippen LogP contribution in [0.15, 0.2) is 48.8 Å². The monoisotopic (exact) mass is 328 g/mol. The lowest BCUT2D eigenvalue weighted by Crippen LogP contribution is -2.13. The summed E-state index contributed by atoms with van der Waals surface area (Å²) in [5.74, 6) is -0.0876. The number of amides is 1. The van der Waals surface area contributed by atoms with E-state index in [1.165, 1.54) is 36.7 Å². The highest BCUT2D eigenvalue weighted by Crippen LogP contribution is 2.22. The van der Waals surface area contributed by atoms with E-state index in [0.717, 1.165) is 0 Å². The standard InChI is InChI=1S/C15H9ClN4O3/c16-12-8-17-6-5-11(12)15(21)19-14-4-1-9-7-10(20(22)23)2-3-13(9)18-14/h1-8H,(H,18,19,21). The molecule has 1 aromatic carbocycles. The van der Waals surface area contributed by atoms with Gasteiger partial charge in [0.1, 0.15) is 5.82 Å². The van der Waals surface area contributed by atoms with Crippen molar-refractivity contribution in [3.05, 3.63) is 69.5 Å². The Morgan fingerprint density at radius 2 is 2.04 bits per heavy atom. The molecule has 1 N–H and O–H groups in total. The lowest BCUT2D eigenvalue weighted by atomic mass is 10.2. The molecule has 0 bridgehead atoms. The molecule has 2 aromatic heterocycles. The van der Waals surface area contributed by atoms with E-state index in [9.17, 15) is 14.9 Å². The number of non-ortho nitro benzene ring substituents is 1. The Balaban J connectivity index is 1.89. The van der Waals surface area contributed by atoms with Gasteiger partial charge in [0.25, 0.3) is 11.6 Å². The van der Waals surface area contributed by atoms with E-state index in [-0.39, 0.29) is 16.3 Å². The molecule has 1 amide bonds. The molecule has 0 spiro atoms. The minimum Gasteiger partial charge on any atom is -0.306 e. The van der Waals surface area contributed by atoms with Crippen LogP contribution in [0.5, 0.6) is 0 Å². The second kappa shape index (κ2) is 5.98. The summed E-state index contributed by atoms with van der Waals surface area (Å²) >= 11 is 5.92. The smallest absolute Gasteiger partial charge is 0.270 e. The van der Waals surface area contributed by atoms with Crippen LogP contribution in [-0.4, -0.2) is 20.8 Å². The van der Waals surface area contributed by atoms with E-state index in [4.69, 9.17) is 11.6 Å². The summed E-state index contributed by atoms with van der Waals surface area (Å²) in [7, 11) is 0. The normalized spacial score (nSPS) is 10.5. The highest BCUT2D eigenvalue weighted by molar-refractivity contribution is 6.34. The summed E-state index contributed by atoms with van der Waals surface area (Å²) in [6.45, 7) is 0. The molecule has 0 saturated heterocycles. The van der Waals surface area contributed by atoms with Gasteiger partial charge in [-0.05, 0) is 24.3 Å². The van der Waals surface area contributed by atoms with Crippen LogP contribution in [0.3, 0.4) is 0 Å². The molecule has 2 heterocycles. The molecule has 8 heteroatoms. The van der Waals surface area contributed by atoms with E-state index < -0.39 is 10.8 Å². The van der Waals surface area contributed by atoms with Crippen molar-refractivity contribution < 1.29 is 9.72 Å². The van der Waals surface area contributed by atoms with Gasteiger partial charge in [-0.2, -0.15) is 0 Å². The van der Waals surface area contributed by atoms with Crippen LogP contribution in [0, 0.1) is 10.1 Å². The zero-order chi connectivity index (χ0) is 16.4. The first-order chi connectivity index (χ1) is 11.0. The summed E-state index contributed by atoms with van der Waals surface area (Å²) in [6.07, 6.45) is 2.84. The summed E-state index contributed by atoms with van der Waals surface area (Å²) in [4.78, 5) is 30.5. The number of hydrogen-bond acceptors (Lipinski definition) is 5. The maximum absolute atomic E-state index is 12.2. The van der Waals surface area contributed by atoms with E-state index in [0.29, 0.717) is 16.7 Å². The van der Waals surface area contributed by atoms with Gasteiger partial charge in [-0.3, -0.25) is 19.9 Å². The van der Waals surface area contributed by atoms with Gasteiger partial charge in [-0.25, -0.2) is 4.98 Å². The van der Waals surface area contributed by atoms with Gasteiger partial charge in [-0.15, -0.1) is 0 Å². The highest BCUT2D eigenvalue weighted by atomic mass is 35.5. The van der Waals surface area contributed by atoms with Gasteiger partial charge in [-0.1, -0.05) is 11.6 Å². The van der Waals surface area contributed by atoms with Crippen molar-refractivity contribution >= 4 is 39.9 Å². The number of nitrogens with one attached hydrogen (secondary N) is 1. The Morgan fingerprint density at radius 1 is 1.22 bits per heavy atom. The molecule has 3 aromatic rings. The molecule has 0 unspecified atom stereocenters. The van der Waals surface area contributed by atoms with Crippen molar-refractivity contribution in [3.63, 3.8) is 0 Å². The minimum absolute atomic E-state index is 0.0142. The molecule has 0 aliphatic carbocycles.